The normalized spacial score (nSPS) is 18.1. The van der Waals surface area contributed by atoms with Gasteiger partial charge in [0.2, 0.25) is 0 Å². The highest BCUT2D eigenvalue weighted by atomic mass is 16.6. The number of allylic oxidation sites excluding steroid dienone is 1. The van der Waals surface area contributed by atoms with Gasteiger partial charge in [0.05, 0.1) is 20.3 Å². The molecule has 0 aromatic heterocycles. The van der Waals surface area contributed by atoms with Crippen molar-refractivity contribution < 1.29 is 28.6 Å². The van der Waals surface area contributed by atoms with Crippen LogP contribution in [-0.2, 0) is 30.4 Å². The molecule has 0 unspecified atom stereocenters. The summed E-state index contributed by atoms with van der Waals surface area (Å²) in [6.45, 7) is 0.152. The fourth-order valence-electron chi connectivity index (χ4n) is 2.75. The molecule has 27 heavy (non-hydrogen) atoms. The zero-order chi connectivity index (χ0) is 19.6. The van der Waals surface area contributed by atoms with E-state index in [2.05, 4.69) is 14.8 Å². The molecule has 0 radical (unpaired) electrons. The molecular weight excluding hydrogens is 350 g/mol. The Hall–Kier alpha value is -3.09. The van der Waals surface area contributed by atoms with Crippen molar-refractivity contribution >= 4 is 18.0 Å². The second kappa shape index (κ2) is 10.2. The Morgan fingerprint density at radius 2 is 1.78 bits per heavy atom. The summed E-state index contributed by atoms with van der Waals surface area (Å²) in [6.07, 6.45) is 6.07. The number of hydrogen-bond acceptors (Lipinski definition) is 6. The monoisotopic (exact) mass is 373 g/mol. The number of rotatable bonds is 6. The van der Waals surface area contributed by atoms with Crippen LogP contribution < -0.4 is 5.32 Å². The van der Waals surface area contributed by atoms with Gasteiger partial charge in [-0.05, 0) is 18.4 Å². The van der Waals surface area contributed by atoms with Crippen LogP contribution in [0.1, 0.15) is 18.4 Å². The van der Waals surface area contributed by atoms with Gasteiger partial charge in [0, 0.05) is 5.92 Å². The van der Waals surface area contributed by atoms with E-state index >= 15 is 0 Å². The van der Waals surface area contributed by atoms with E-state index in [9.17, 15) is 14.4 Å². The molecule has 144 valence electrons. The Balaban J connectivity index is 2.05. The Labute approximate surface area is 158 Å². The first-order valence-electron chi connectivity index (χ1n) is 8.57. The van der Waals surface area contributed by atoms with Crippen molar-refractivity contribution in [2.75, 3.05) is 14.2 Å². The lowest BCUT2D eigenvalue weighted by Crippen LogP contribution is -2.40. The predicted molar refractivity (Wildman–Crippen MR) is 97.5 cm³/mol. The first-order valence-corrected chi connectivity index (χ1v) is 8.57. The van der Waals surface area contributed by atoms with Crippen molar-refractivity contribution in [1.82, 2.24) is 5.32 Å². The minimum atomic E-state index is -0.776. The van der Waals surface area contributed by atoms with Gasteiger partial charge in [0.15, 0.2) is 0 Å². The summed E-state index contributed by atoms with van der Waals surface area (Å²) >= 11 is 0. The highest BCUT2D eigenvalue weighted by Crippen LogP contribution is 2.23. The van der Waals surface area contributed by atoms with Crippen LogP contribution >= 0.6 is 0 Å². The number of nitrogens with one attached hydrogen (secondary N) is 1. The predicted octanol–water partition coefficient (Wildman–Crippen LogP) is 2.52. The second-order valence-corrected chi connectivity index (χ2v) is 5.96. The third-order valence-corrected chi connectivity index (χ3v) is 4.16. The maximum atomic E-state index is 12.1. The Morgan fingerprint density at radius 1 is 1.11 bits per heavy atom. The Morgan fingerprint density at radius 3 is 2.41 bits per heavy atom. The van der Waals surface area contributed by atoms with Crippen molar-refractivity contribution in [3.8, 4) is 0 Å². The number of amides is 1. The van der Waals surface area contributed by atoms with Gasteiger partial charge in [-0.25, -0.2) is 14.4 Å². The third-order valence-electron chi connectivity index (χ3n) is 4.16. The van der Waals surface area contributed by atoms with Crippen LogP contribution in [0.15, 0.2) is 54.1 Å². The van der Waals surface area contributed by atoms with E-state index in [4.69, 9.17) is 4.74 Å². The number of benzene rings is 1. The fraction of sp³-hybridized carbons (Fsp3) is 0.350. The molecule has 1 aliphatic rings. The molecule has 0 aliphatic heterocycles. The van der Waals surface area contributed by atoms with Gasteiger partial charge in [-0.15, -0.1) is 0 Å². The lowest BCUT2D eigenvalue weighted by atomic mass is 9.88. The molecule has 1 aromatic rings. The summed E-state index contributed by atoms with van der Waals surface area (Å²) in [7, 11) is 2.38. The van der Waals surface area contributed by atoms with Crippen molar-refractivity contribution in [2.45, 2.75) is 25.5 Å². The van der Waals surface area contributed by atoms with Crippen molar-refractivity contribution in [1.29, 1.82) is 0 Å². The summed E-state index contributed by atoms with van der Waals surface area (Å²) in [5.74, 6) is -1.82. The van der Waals surface area contributed by atoms with Gasteiger partial charge in [-0.1, -0.05) is 48.6 Å². The molecule has 7 heteroatoms. The van der Waals surface area contributed by atoms with Gasteiger partial charge in [-0.2, -0.15) is 0 Å². The van der Waals surface area contributed by atoms with Gasteiger partial charge in [0.25, 0.3) is 0 Å². The largest absolute Gasteiger partial charge is 0.465 e. The van der Waals surface area contributed by atoms with Gasteiger partial charge < -0.3 is 19.5 Å². The van der Waals surface area contributed by atoms with Crippen molar-refractivity contribution in [3.63, 3.8) is 0 Å². The molecule has 1 aromatic carbocycles. The average Bonchev–Trinajstić information content (AvgIpc) is 2.71. The third kappa shape index (κ3) is 5.99. The van der Waals surface area contributed by atoms with Crippen LogP contribution in [0.25, 0.3) is 0 Å². The molecule has 7 nitrogen and oxygen atoms in total. The van der Waals surface area contributed by atoms with E-state index < -0.39 is 24.1 Å². The van der Waals surface area contributed by atoms with Crippen LogP contribution in [0, 0.1) is 5.92 Å². The smallest absolute Gasteiger partial charge is 0.407 e. The van der Waals surface area contributed by atoms with E-state index in [0.717, 1.165) is 12.0 Å². The first kappa shape index (κ1) is 20.2. The van der Waals surface area contributed by atoms with Crippen LogP contribution in [0.4, 0.5) is 4.79 Å². The van der Waals surface area contributed by atoms with Gasteiger partial charge in [0.1, 0.15) is 12.2 Å². The van der Waals surface area contributed by atoms with Crippen molar-refractivity contribution in [3.05, 3.63) is 59.7 Å². The SMILES string of the molecule is COC(=O)C(=C[C@H]1CCC=C[C@H]1NC(=O)OCc1ccccc1)C(=O)OC. The van der Waals surface area contributed by atoms with Crippen LogP contribution in [-0.4, -0.2) is 38.3 Å². The van der Waals surface area contributed by atoms with E-state index in [-0.39, 0.29) is 18.1 Å². The number of methoxy groups -OCH3 is 2. The Bertz CT molecular complexity index is 707. The topological polar surface area (TPSA) is 90.9 Å². The molecule has 0 saturated carbocycles. The maximum Gasteiger partial charge on any atom is 0.407 e. The lowest BCUT2D eigenvalue weighted by Gasteiger charge is -2.26. The first-order chi connectivity index (χ1) is 13.0. The van der Waals surface area contributed by atoms with E-state index in [1.807, 2.05) is 42.5 Å². The highest BCUT2D eigenvalue weighted by Gasteiger charge is 2.27. The highest BCUT2D eigenvalue weighted by molar-refractivity contribution is 6.14. The number of ether oxygens (including phenoxy) is 3. The molecule has 0 heterocycles. The maximum absolute atomic E-state index is 12.1. The quantitative estimate of drug-likeness (QED) is 0.206. The summed E-state index contributed by atoms with van der Waals surface area (Å²) < 4.78 is 14.5. The number of alkyl carbamates (subject to hydrolysis) is 1. The lowest BCUT2D eigenvalue weighted by molar-refractivity contribution is -0.144. The summed E-state index contributed by atoms with van der Waals surface area (Å²) in [5, 5.41) is 2.76. The van der Waals surface area contributed by atoms with Crippen LogP contribution in [0.3, 0.4) is 0 Å². The summed E-state index contributed by atoms with van der Waals surface area (Å²) in [5.41, 5.74) is 0.687. The number of hydrogen-bond donors (Lipinski definition) is 1. The summed E-state index contributed by atoms with van der Waals surface area (Å²) in [6, 6.07) is 8.92. The van der Waals surface area contributed by atoms with E-state index in [0.29, 0.717) is 6.42 Å². The minimum Gasteiger partial charge on any atom is -0.465 e. The molecular formula is C20H23NO6. The van der Waals surface area contributed by atoms with Crippen LogP contribution in [0.5, 0.6) is 0 Å². The van der Waals surface area contributed by atoms with Crippen LogP contribution in [0.2, 0.25) is 0 Å². The summed E-state index contributed by atoms with van der Waals surface area (Å²) in [4.78, 5) is 35.8. The van der Waals surface area contributed by atoms with Gasteiger partial charge >= 0.3 is 18.0 Å². The molecule has 1 aliphatic carbocycles. The molecule has 1 N–H and O–H groups in total. The second-order valence-electron chi connectivity index (χ2n) is 5.96. The van der Waals surface area contributed by atoms with Gasteiger partial charge in [-0.3, -0.25) is 0 Å². The zero-order valence-electron chi connectivity index (χ0n) is 15.3. The van der Waals surface area contributed by atoms with E-state index in [1.165, 1.54) is 20.3 Å². The molecule has 0 fully saturated rings. The standard InChI is InChI=1S/C20H23NO6/c1-25-18(22)16(19(23)26-2)12-15-10-6-7-11-17(15)21-20(24)27-13-14-8-4-3-5-9-14/h3-5,7-9,11-12,15,17H,6,10,13H2,1-2H3,(H,21,24)/t15-,17-/m1/s1. The average molecular weight is 373 g/mol. The molecule has 0 saturated heterocycles. The fourth-order valence-corrected chi connectivity index (χ4v) is 2.75. The molecule has 0 bridgehead atoms. The molecule has 0 spiro atoms. The Kier molecular flexibility index (Phi) is 7.61. The molecule has 2 rings (SSSR count). The number of carbonyl (C=O) groups is 3. The molecule has 2 atom stereocenters. The number of esters is 2. The molecule has 1 amide bonds. The number of carbonyl (C=O) groups excluding carboxylic acids is 3. The zero-order valence-corrected chi connectivity index (χ0v) is 15.3. The van der Waals surface area contributed by atoms with Crippen molar-refractivity contribution in [2.24, 2.45) is 5.92 Å². The van der Waals surface area contributed by atoms with E-state index in [1.54, 1.807) is 0 Å². The minimum absolute atomic E-state index is 0.152.